The summed E-state index contributed by atoms with van der Waals surface area (Å²) >= 11 is 0. The van der Waals surface area contributed by atoms with Crippen molar-refractivity contribution in [2.75, 3.05) is 0 Å². The van der Waals surface area contributed by atoms with E-state index in [-0.39, 0.29) is 162 Å². The van der Waals surface area contributed by atoms with Gasteiger partial charge in [0.15, 0.2) is 196 Å². The summed E-state index contributed by atoms with van der Waals surface area (Å²) < 4.78 is 19.4. The number of hydrogen-bond donors (Lipinski definition) is 28. The van der Waals surface area contributed by atoms with E-state index in [0.29, 0.717) is 22.3 Å². The second kappa shape index (κ2) is 55.9. The number of carbonyl (C=O) groups is 10. The molecule has 0 bridgehead atoms. The Morgan fingerprint density at radius 2 is 0.243 bits per heavy atom. The van der Waals surface area contributed by atoms with Gasteiger partial charge in [-0.1, -0.05) is 83.1 Å². The molecule has 0 aliphatic carbocycles. The van der Waals surface area contributed by atoms with Crippen molar-refractivity contribution in [3.05, 3.63) is 188 Å². The molecule has 0 unspecified atom stereocenters. The van der Waals surface area contributed by atoms with Gasteiger partial charge in [-0.05, 0) is 202 Å². The Balaban J connectivity index is 0.000000800. The number of hydrogen-bond acceptors (Lipinski definition) is 42. The van der Waals surface area contributed by atoms with Gasteiger partial charge in [-0.25, -0.2) is 19.2 Å². The SMILES string of the molecule is CC(C)C(=O)c1cc(O)c(O)c(O)c1.CC(C)C(=O)c1cc(O)c(O)c(O)c1.CC(C)C(=O)c1cc(O)c(O)c(O)c1.CC(C)C(=O)c1cc(O)c(O)c(O)c1.CC(C)OC(=O)c1cc(O)c(O)c(O)c1.CC(C)OC(=O)c1cc(O)c(O)c(O)c1.CC(C)OC(=O)c1cc(O)c(O)c(O)c1.CC(C)OC(=O)c1cc(O)c(O)c(O)c1.Cc1cc(C(=O)C(C)C)cc(O)c1O.Cc1cc(C(=O)C(C)C)cc(O)c1O. The minimum atomic E-state index is -0.671. The third-order valence-corrected chi connectivity index (χ3v) is 18.3. The van der Waals surface area contributed by atoms with Crippen molar-refractivity contribution in [3.8, 4) is 161 Å². The first-order chi connectivity index (χ1) is 66.2. The van der Waals surface area contributed by atoms with Crippen LogP contribution in [0.15, 0.2) is 121 Å². The number of Topliss-reactive ketones (excluding diaryl/α,β-unsaturated/α-hetero) is 6. The highest BCUT2D eigenvalue weighted by Crippen LogP contribution is 2.44. The molecule has 28 N–H and O–H groups in total. The lowest BCUT2D eigenvalue weighted by molar-refractivity contribution is 0.0366. The minimum Gasteiger partial charge on any atom is -0.504 e. The molecule has 0 amide bonds. The first-order valence-corrected chi connectivity index (χ1v) is 43.4. The molecular formula is C102H124O42. The Bertz CT molecular complexity index is 5110. The van der Waals surface area contributed by atoms with Gasteiger partial charge in [0.2, 0.25) is 0 Å². The minimum absolute atomic E-state index is 0.0171. The van der Waals surface area contributed by atoms with Gasteiger partial charge in [-0.3, -0.25) is 28.8 Å². The number of benzene rings is 10. The number of phenolic OH excluding ortho intramolecular Hbond substituents is 28. The first-order valence-electron chi connectivity index (χ1n) is 43.4. The van der Waals surface area contributed by atoms with Crippen molar-refractivity contribution in [1.82, 2.24) is 0 Å². The molecule has 0 aromatic heterocycles. The lowest BCUT2D eigenvalue weighted by atomic mass is 9.99. The van der Waals surface area contributed by atoms with E-state index in [1.165, 1.54) is 12.1 Å². The summed E-state index contributed by atoms with van der Waals surface area (Å²) in [5.74, 6) is -19.0. The third-order valence-electron chi connectivity index (χ3n) is 18.3. The standard InChI is InChI=1S/2C11H14O3.4C10H12O5.4C10H12O4/c2*1-6(2)10(13)8-4-7(3)11(14)9(12)5-8;4*1-5(2)15-10(14)6-3-7(11)9(13)8(12)4-6;4*1-5(2)9(13)6-3-7(11)10(14)8(12)4-6/h2*4-6,12,14H,1-3H3;4*3-5,11-13H,1-2H3;4*3-5,11-12,14H,1-2H3. The van der Waals surface area contributed by atoms with E-state index in [1.807, 2.05) is 0 Å². The molecule has 0 radical (unpaired) electrons. The number of esters is 4. The number of aromatic hydroxyl groups is 28. The molecule has 0 aliphatic rings. The molecular weight excluding hydrogens is 1900 g/mol. The molecule has 10 aromatic carbocycles. The van der Waals surface area contributed by atoms with Crippen LogP contribution in [0.25, 0.3) is 0 Å². The van der Waals surface area contributed by atoms with Crippen LogP contribution < -0.4 is 0 Å². The van der Waals surface area contributed by atoms with Gasteiger partial charge >= 0.3 is 23.9 Å². The van der Waals surface area contributed by atoms with E-state index in [9.17, 15) is 68.4 Å². The molecule has 0 saturated carbocycles. The van der Waals surface area contributed by atoms with Gasteiger partial charge in [-0.15, -0.1) is 0 Å². The molecule has 42 nitrogen and oxygen atoms in total. The summed E-state index contributed by atoms with van der Waals surface area (Å²) in [6.07, 6.45) is -1.18. The van der Waals surface area contributed by atoms with E-state index in [4.69, 9.17) is 142 Å². The monoisotopic (exact) mass is 2020 g/mol. The number of aryl methyl sites for hydroxylation is 2. The zero-order valence-corrected chi connectivity index (χ0v) is 82.6. The zero-order chi connectivity index (χ0) is 112. The number of ketones is 6. The fourth-order valence-corrected chi connectivity index (χ4v) is 10.8. The van der Waals surface area contributed by atoms with Crippen molar-refractivity contribution in [3.63, 3.8) is 0 Å². The van der Waals surface area contributed by atoms with Crippen molar-refractivity contribution < 1.29 is 210 Å². The fourth-order valence-electron chi connectivity index (χ4n) is 10.8. The lowest BCUT2D eigenvalue weighted by Gasteiger charge is -2.09. The van der Waals surface area contributed by atoms with Crippen LogP contribution in [0.4, 0.5) is 0 Å². The first kappa shape index (κ1) is 125. The largest absolute Gasteiger partial charge is 0.504 e. The number of rotatable bonds is 20. The Hall–Kier alpha value is -17.5. The second-order valence-electron chi connectivity index (χ2n) is 34.2. The van der Waals surface area contributed by atoms with Crippen molar-refractivity contribution >= 4 is 58.6 Å². The summed E-state index contributed by atoms with van der Waals surface area (Å²) in [5.41, 5.74) is 2.57. The maximum absolute atomic E-state index is 11.6. The summed E-state index contributed by atoms with van der Waals surface area (Å²) in [5, 5.41) is 256. The molecule has 0 fully saturated rings. The molecule has 10 rings (SSSR count). The van der Waals surface area contributed by atoms with Crippen LogP contribution in [0.2, 0.25) is 0 Å². The van der Waals surface area contributed by atoms with Crippen molar-refractivity contribution in [2.45, 2.75) is 177 Å². The molecule has 784 valence electrons. The maximum atomic E-state index is 11.6. The van der Waals surface area contributed by atoms with Gasteiger partial charge in [-0.2, -0.15) is 0 Å². The molecule has 144 heavy (non-hydrogen) atoms. The molecule has 10 aromatic rings. The maximum Gasteiger partial charge on any atom is 0.338 e. The summed E-state index contributed by atoms with van der Waals surface area (Å²) in [6.45, 7) is 37.6. The average molecular weight is 2020 g/mol. The normalized spacial score (nSPS) is 10.4. The summed E-state index contributed by atoms with van der Waals surface area (Å²) in [6, 6.07) is 23.1. The van der Waals surface area contributed by atoms with Gasteiger partial charge in [0.25, 0.3) is 0 Å². The summed E-state index contributed by atoms with van der Waals surface area (Å²) in [4.78, 5) is 114. The van der Waals surface area contributed by atoms with Crippen LogP contribution in [-0.2, 0) is 18.9 Å². The van der Waals surface area contributed by atoms with E-state index >= 15 is 0 Å². The average Bonchev–Trinajstić information content (AvgIpc) is 0.830. The predicted octanol–water partition coefficient (Wildman–Crippen LogP) is 16.5. The quantitative estimate of drug-likeness (QED) is 0.0146. The smallest absolute Gasteiger partial charge is 0.338 e. The highest BCUT2D eigenvalue weighted by molar-refractivity contribution is 6.02. The molecule has 42 heteroatoms. The third kappa shape index (κ3) is 38.4. The van der Waals surface area contributed by atoms with Gasteiger partial charge < -0.3 is 162 Å². The molecule has 0 heterocycles. The highest BCUT2D eigenvalue weighted by Gasteiger charge is 2.26. The number of ether oxygens (including phenoxy) is 4. The number of phenols is 28. The second-order valence-corrected chi connectivity index (χ2v) is 34.2. The zero-order valence-electron chi connectivity index (χ0n) is 82.6. The van der Waals surface area contributed by atoms with Crippen LogP contribution in [0.3, 0.4) is 0 Å². The molecule has 0 atom stereocenters. The van der Waals surface area contributed by atoms with E-state index < -0.39 is 162 Å². The van der Waals surface area contributed by atoms with E-state index in [0.717, 1.165) is 97.1 Å². The molecule has 0 saturated heterocycles. The van der Waals surface area contributed by atoms with Gasteiger partial charge in [0.05, 0.1) is 46.7 Å². The summed E-state index contributed by atoms with van der Waals surface area (Å²) in [7, 11) is 0. The van der Waals surface area contributed by atoms with Crippen LogP contribution in [0.5, 0.6) is 161 Å². The van der Waals surface area contributed by atoms with E-state index in [2.05, 4.69) is 0 Å². The van der Waals surface area contributed by atoms with Crippen LogP contribution in [0, 0.1) is 49.4 Å². The Labute approximate surface area is 826 Å². The topological polar surface area (TPSA) is 774 Å². The highest BCUT2D eigenvalue weighted by atomic mass is 16.6. The predicted molar refractivity (Wildman–Crippen MR) is 518 cm³/mol. The van der Waals surface area contributed by atoms with Crippen LogP contribution in [-0.4, -0.2) is 226 Å². The Kier molecular flexibility index (Phi) is 48.4. The fraction of sp³-hybridized carbons (Fsp3) is 0.314. The Morgan fingerprint density at radius 1 is 0.153 bits per heavy atom. The molecule has 0 aliphatic heterocycles. The Morgan fingerprint density at radius 3 is 0.333 bits per heavy atom. The van der Waals surface area contributed by atoms with Crippen molar-refractivity contribution in [2.24, 2.45) is 35.5 Å². The van der Waals surface area contributed by atoms with Crippen LogP contribution in [0.1, 0.15) is 253 Å². The van der Waals surface area contributed by atoms with Crippen LogP contribution >= 0.6 is 0 Å². The van der Waals surface area contributed by atoms with E-state index in [1.54, 1.807) is 164 Å². The number of carbonyl (C=O) groups excluding carboxylic acids is 10. The molecule has 0 spiro atoms. The van der Waals surface area contributed by atoms with Crippen molar-refractivity contribution in [1.29, 1.82) is 0 Å². The van der Waals surface area contributed by atoms with Gasteiger partial charge in [0.1, 0.15) is 0 Å². The van der Waals surface area contributed by atoms with Gasteiger partial charge in [0, 0.05) is 68.9 Å². The lowest BCUT2D eigenvalue weighted by Crippen LogP contribution is -2.11.